The van der Waals surface area contributed by atoms with Crippen molar-refractivity contribution in [3.05, 3.63) is 71.8 Å². The third kappa shape index (κ3) is 6.69. The summed E-state index contributed by atoms with van der Waals surface area (Å²) in [5, 5.41) is 10.8. The zero-order valence-electron chi connectivity index (χ0n) is 23.3. The van der Waals surface area contributed by atoms with Crippen LogP contribution in [0.2, 0.25) is 0 Å². The van der Waals surface area contributed by atoms with Crippen LogP contribution in [0.25, 0.3) is 0 Å². The van der Waals surface area contributed by atoms with Crippen LogP contribution in [0.1, 0.15) is 61.8 Å². The first-order valence-corrected chi connectivity index (χ1v) is 13.8. The van der Waals surface area contributed by atoms with Crippen molar-refractivity contribution < 1.29 is 38.4 Å². The number of aliphatic hydroxyl groups is 1. The van der Waals surface area contributed by atoms with Crippen LogP contribution in [0.3, 0.4) is 0 Å². The van der Waals surface area contributed by atoms with Gasteiger partial charge in [-0.25, -0.2) is 9.59 Å². The summed E-state index contributed by atoms with van der Waals surface area (Å²) in [6.45, 7) is 9.95. The van der Waals surface area contributed by atoms with E-state index in [0.717, 1.165) is 0 Å². The largest absolute Gasteiger partial charge is 0.456 e. The zero-order chi connectivity index (χ0) is 28.1. The van der Waals surface area contributed by atoms with Gasteiger partial charge in [-0.05, 0) is 43.5 Å². The molecule has 0 radical (unpaired) electrons. The molecule has 1 N–H and O–H groups in total. The fourth-order valence-corrected chi connectivity index (χ4v) is 5.40. The number of carbonyl (C=O) groups is 2. The van der Waals surface area contributed by atoms with E-state index in [9.17, 15) is 14.7 Å². The molecule has 8 heteroatoms. The Hall–Kier alpha value is -2.78. The van der Waals surface area contributed by atoms with Crippen molar-refractivity contribution in [2.45, 2.75) is 84.0 Å². The normalized spacial score (nSPS) is 34.7. The van der Waals surface area contributed by atoms with E-state index in [0.29, 0.717) is 17.5 Å². The van der Waals surface area contributed by atoms with Gasteiger partial charge in [-0.2, -0.15) is 0 Å². The summed E-state index contributed by atoms with van der Waals surface area (Å²) in [6, 6.07) is 17.6. The van der Waals surface area contributed by atoms with Gasteiger partial charge in [0.25, 0.3) is 0 Å². The number of ether oxygens (including phenoxy) is 5. The average molecular weight is 541 g/mol. The van der Waals surface area contributed by atoms with Gasteiger partial charge in [0.1, 0.15) is 6.10 Å². The molecule has 0 saturated carbocycles. The number of rotatable bonds is 8. The molecule has 2 aliphatic rings. The quantitative estimate of drug-likeness (QED) is 0.483. The fraction of sp³-hybridized carbons (Fsp3) is 0.548. The summed E-state index contributed by atoms with van der Waals surface area (Å²) in [4.78, 5) is 25.5. The monoisotopic (exact) mass is 540 g/mol. The van der Waals surface area contributed by atoms with Gasteiger partial charge >= 0.3 is 11.9 Å². The fourth-order valence-electron chi connectivity index (χ4n) is 5.40. The van der Waals surface area contributed by atoms with E-state index < -0.39 is 42.6 Å². The Balaban J connectivity index is 1.41. The third-order valence-corrected chi connectivity index (χ3v) is 8.13. The first-order valence-electron chi connectivity index (χ1n) is 13.8. The molecule has 2 heterocycles. The van der Waals surface area contributed by atoms with Gasteiger partial charge in [-0.3, -0.25) is 0 Å². The number of esters is 2. The highest BCUT2D eigenvalue weighted by molar-refractivity contribution is 5.89. The maximum atomic E-state index is 12.9. The van der Waals surface area contributed by atoms with E-state index in [2.05, 4.69) is 0 Å². The Labute approximate surface area is 230 Å². The molecule has 8 nitrogen and oxygen atoms in total. The van der Waals surface area contributed by atoms with Crippen molar-refractivity contribution in [1.82, 2.24) is 0 Å². The molecular weight excluding hydrogens is 500 g/mol. The highest BCUT2D eigenvalue weighted by Gasteiger charge is 2.47. The van der Waals surface area contributed by atoms with Gasteiger partial charge in [0, 0.05) is 11.8 Å². The molecule has 10 atom stereocenters. The molecule has 2 aliphatic heterocycles. The van der Waals surface area contributed by atoms with Crippen molar-refractivity contribution in [3.63, 3.8) is 0 Å². The first kappa shape index (κ1) is 29.2. The summed E-state index contributed by atoms with van der Waals surface area (Å²) in [6.07, 6.45) is -3.37. The van der Waals surface area contributed by atoms with Gasteiger partial charge < -0.3 is 28.8 Å². The standard InChI is InChI=1S/C31H40O8/c1-6-24-26(32)20(4)28(39-30(34)23-15-11-8-12-16-23)31(37-24)35-17-25-18(2)19(3)27(21(5)36-25)38-29(33)22-13-9-7-10-14-22/h7-16,18-21,24-28,31-32H,6,17H2,1-5H3. The number of hydrogen-bond acceptors (Lipinski definition) is 8. The Morgan fingerprint density at radius 3 is 1.82 bits per heavy atom. The van der Waals surface area contributed by atoms with Gasteiger partial charge in [-0.1, -0.05) is 64.1 Å². The summed E-state index contributed by atoms with van der Waals surface area (Å²) < 4.78 is 30.3. The number of carbonyl (C=O) groups excluding carboxylic acids is 2. The van der Waals surface area contributed by atoms with E-state index in [1.807, 2.05) is 46.8 Å². The molecule has 0 spiro atoms. The lowest BCUT2D eigenvalue weighted by atomic mass is 9.81. The van der Waals surface area contributed by atoms with Gasteiger partial charge in [0.15, 0.2) is 12.4 Å². The van der Waals surface area contributed by atoms with Crippen LogP contribution in [0.5, 0.6) is 0 Å². The number of benzene rings is 2. The molecule has 212 valence electrons. The number of hydrogen-bond donors (Lipinski definition) is 1. The minimum atomic E-state index is -0.865. The molecule has 10 unspecified atom stereocenters. The topological polar surface area (TPSA) is 101 Å². The predicted octanol–water partition coefficient (Wildman–Crippen LogP) is 4.65. The molecule has 2 aromatic rings. The number of aliphatic hydroxyl groups excluding tert-OH is 1. The second kappa shape index (κ2) is 13.0. The zero-order valence-corrected chi connectivity index (χ0v) is 23.3. The van der Waals surface area contributed by atoms with E-state index in [1.165, 1.54) is 0 Å². The molecule has 2 saturated heterocycles. The summed E-state index contributed by atoms with van der Waals surface area (Å²) in [5.74, 6) is -1.25. The Morgan fingerprint density at radius 2 is 1.28 bits per heavy atom. The molecule has 4 rings (SSSR count). The molecule has 0 aromatic heterocycles. The Bertz CT molecular complexity index is 1080. The first-order chi connectivity index (χ1) is 18.7. The van der Waals surface area contributed by atoms with Crippen LogP contribution < -0.4 is 0 Å². The van der Waals surface area contributed by atoms with Crippen LogP contribution in [0.4, 0.5) is 0 Å². The van der Waals surface area contributed by atoms with Crippen molar-refractivity contribution in [1.29, 1.82) is 0 Å². The second-order valence-electron chi connectivity index (χ2n) is 10.7. The van der Waals surface area contributed by atoms with Gasteiger partial charge in [-0.15, -0.1) is 0 Å². The summed E-state index contributed by atoms with van der Waals surface area (Å²) in [7, 11) is 0. The lowest BCUT2D eigenvalue weighted by Crippen LogP contribution is -2.56. The van der Waals surface area contributed by atoms with Gasteiger partial charge in [0.2, 0.25) is 0 Å². The second-order valence-corrected chi connectivity index (χ2v) is 10.7. The maximum absolute atomic E-state index is 12.9. The minimum Gasteiger partial charge on any atom is -0.456 e. The lowest BCUT2D eigenvalue weighted by molar-refractivity contribution is -0.294. The van der Waals surface area contributed by atoms with Crippen LogP contribution in [0.15, 0.2) is 60.7 Å². The van der Waals surface area contributed by atoms with Crippen LogP contribution >= 0.6 is 0 Å². The Morgan fingerprint density at radius 1 is 0.744 bits per heavy atom. The highest BCUT2D eigenvalue weighted by Crippen LogP contribution is 2.35. The average Bonchev–Trinajstić information content (AvgIpc) is 2.96. The predicted molar refractivity (Wildman–Crippen MR) is 144 cm³/mol. The molecule has 0 aliphatic carbocycles. The van der Waals surface area contributed by atoms with E-state index in [-0.39, 0.29) is 36.6 Å². The maximum Gasteiger partial charge on any atom is 0.338 e. The highest BCUT2D eigenvalue weighted by atomic mass is 16.7. The van der Waals surface area contributed by atoms with Crippen molar-refractivity contribution in [3.8, 4) is 0 Å². The third-order valence-electron chi connectivity index (χ3n) is 8.13. The van der Waals surface area contributed by atoms with E-state index in [4.69, 9.17) is 23.7 Å². The van der Waals surface area contributed by atoms with Crippen LogP contribution in [-0.4, -0.2) is 66.6 Å². The molecule has 0 amide bonds. The van der Waals surface area contributed by atoms with E-state index in [1.54, 1.807) is 48.5 Å². The molecule has 2 fully saturated rings. The van der Waals surface area contributed by atoms with Crippen molar-refractivity contribution in [2.75, 3.05) is 6.61 Å². The van der Waals surface area contributed by atoms with Crippen LogP contribution in [0, 0.1) is 17.8 Å². The minimum absolute atomic E-state index is 0.00803. The molecule has 39 heavy (non-hydrogen) atoms. The van der Waals surface area contributed by atoms with Gasteiger partial charge in [0.05, 0.1) is 42.1 Å². The smallest absolute Gasteiger partial charge is 0.338 e. The molecule has 2 aromatic carbocycles. The van der Waals surface area contributed by atoms with Crippen molar-refractivity contribution >= 4 is 11.9 Å². The summed E-state index contributed by atoms with van der Waals surface area (Å²) in [5.41, 5.74) is 0.917. The summed E-state index contributed by atoms with van der Waals surface area (Å²) >= 11 is 0. The van der Waals surface area contributed by atoms with E-state index >= 15 is 0 Å². The van der Waals surface area contributed by atoms with Crippen LogP contribution in [-0.2, 0) is 23.7 Å². The molecule has 0 bridgehead atoms. The SMILES string of the molecule is CCC1OC(OCC2OC(C)C(OC(=O)c3ccccc3)C(C)C2C)C(OC(=O)c2ccccc2)C(C)C1O. The lowest BCUT2D eigenvalue weighted by Gasteiger charge is -2.45. The molecular formula is C31H40O8. The Kier molecular flexibility index (Phi) is 9.77. The van der Waals surface area contributed by atoms with Crippen molar-refractivity contribution in [2.24, 2.45) is 17.8 Å².